The lowest BCUT2D eigenvalue weighted by Gasteiger charge is -2.23. The van der Waals surface area contributed by atoms with Crippen molar-refractivity contribution in [3.63, 3.8) is 0 Å². The minimum absolute atomic E-state index is 0.172. The number of hydrogen-bond donors (Lipinski definition) is 0. The van der Waals surface area contributed by atoms with Crippen LogP contribution in [0.3, 0.4) is 0 Å². The molecule has 1 saturated heterocycles. The number of thiazole rings is 1. The van der Waals surface area contributed by atoms with Crippen molar-refractivity contribution in [3.05, 3.63) is 22.7 Å². The molecule has 1 aliphatic heterocycles. The van der Waals surface area contributed by atoms with Gasteiger partial charge in [0, 0.05) is 24.4 Å². The lowest BCUT2D eigenvalue weighted by molar-refractivity contribution is -0.141. The number of aromatic nitrogens is 1. The van der Waals surface area contributed by atoms with E-state index in [1.54, 1.807) is 4.90 Å². The van der Waals surface area contributed by atoms with Gasteiger partial charge >= 0.3 is 0 Å². The summed E-state index contributed by atoms with van der Waals surface area (Å²) in [6.07, 6.45) is 1.09. The van der Waals surface area contributed by atoms with Gasteiger partial charge in [0.1, 0.15) is 6.54 Å². The van der Waals surface area contributed by atoms with E-state index in [0.717, 1.165) is 33.6 Å². The number of hydrogen-bond acceptors (Lipinski definition) is 6. The Bertz CT molecular complexity index is 911. The maximum Gasteiger partial charge on any atom is 0.248 e. The quantitative estimate of drug-likeness (QED) is 0.641. The van der Waals surface area contributed by atoms with Crippen LogP contribution in [0.25, 0.3) is 10.2 Å². The molecule has 150 valence electrons. The van der Waals surface area contributed by atoms with Crippen LogP contribution in [-0.2, 0) is 14.4 Å². The summed E-state index contributed by atoms with van der Waals surface area (Å²) in [6, 6.07) is 3.67. The first kappa shape index (κ1) is 20.7. The SMILES string of the molecule is Cc1cc(Cl)cc2sc(N(CCCN(C)C)C(=O)CN3C(=O)CCC3=O)nc12. The van der Waals surface area contributed by atoms with Crippen LogP contribution >= 0.6 is 22.9 Å². The van der Waals surface area contributed by atoms with Crippen molar-refractivity contribution in [1.82, 2.24) is 14.8 Å². The van der Waals surface area contributed by atoms with Gasteiger partial charge in [-0.3, -0.25) is 24.2 Å². The summed E-state index contributed by atoms with van der Waals surface area (Å²) < 4.78 is 0.902. The Hall–Kier alpha value is -2.03. The van der Waals surface area contributed by atoms with Crippen LogP contribution in [0.2, 0.25) is 5.02 Å². The number of imide groups is 1. The molecular formula is C19H23ClN4O3S. The van der Waals surface area contributed by atoms with Crippen molar-refractivity contribution >= 4 is 56.0 Å². The molecule has 0 unspecified atom stereocenters. The van der Waals surface area contributed by atoms with E-state index in [1.807, 2.05) is 38.1 Å². The van der Waals surface area contributed by atoms with Crippen LogP contribution in [0.4, 0.5) is 5.13 Å². The number of likely N-dealkylation sites (tertiary alicyclic amines) is 1. The third-order valence-corrected chi connectivity index (χ3v) is 5.85. The number of halogens is 1. The highest BCUT2D eigenvalue weighted by atomic mass is 35.5. The Morgan fingerprint density at radius 2 is 1.89 bits per heavy atom. The van der Waals surface area contributed by atoms with Crippen LogP contribution in [-0.4, -0.2) is 66.2 Å². The molecule has 3 rings (SSSR count). The van der Waals surface area contributed by atoms with Gasteiger partial charge < -0.3 is 4.90 Å². The number of carbonyl (C=O) groups excluding carboxylic acids is 3. The fourth-order valence-electron chi connectivity index (χ4n) is 3.15. The molecule has 3 amide bonds. The third kappa shape index (κ3) is 4.51. The van der Waals surface area contributed by atoms with Gasteiger partial charge in [0.25, 0.3) is 0 Å². The second-order valence-corrected chi connectivity index (χ2v) is 8.59. The van der Waals surface area contributed by atoms with Gasteiger partial charge in [0.15, 0.2) is 5.13 Å². The van der Waals surface area contributed by atoms with Crippen molar-refractivity contribution in [2.75, 3.05) is 38.6 Å². The highest BCUT2D eigenvalue weighted by Gasteiger charge is 2.32. The fourth-order valence-corrected chi connectivity index (χ4v) is 4.61. The van der Waals surface area contributed by atoms with Crippen molar-refractivity contribution in [1.29, 1.82) is 0 Å². The van der Waals surface area contributed by atoms with E-state index in [-0.39, 0.29) is 37.1 Å². The molecule has 0 aliphatic carbocycles. The number of carbonyl (C=O) groups is 3. The number of aryl methyl sites for hydroxylation is 1. The molecule has 1 aliphatic rings. The lowest BCUT2D eigenvalue weighted by atomic mass is 10.2. The Morgan fingerprint density at radius 3 is 2.54 bits per heavy atom. The molecular weight excluding hydrogens is 400 g/mol. The second-order valence-electron chi connectivity index (χ2n) is 7.14. The largest absolute Gasteiger partial charge is 0.309 e. The van der Waals surface area contributed by atoms with Crippen LogP contribution in [0.1, 0.15) is 24.8 Å². The second kappa shape index (κ2) is 8.55. The minimum atomic E-state index is -0.301. The van der Waals surface area contributed by atoms with Gasteiger partial charge in [0.05, 0.1) is 10.2 Å². The first-order chi connectivity index (χ1) is 13.3. The van der Waals surface area contributed by atoms with Gasteiger partial charge in [-0.1, -0.05) is 22.9 Å². The summed E-state index contributed by atoms with van der Waals surface area (Å²) in [5.41, 5.74) is 1.75. The maximum atomic E-state index is 13.0. The van der Waals surface area contributed by atoms with Gasteiger partial charge in [-0.25, -0.2) is 4.98 Å². The first-order valence-corrected chi connectivity index (χ1v) is 10.3. The van der Waals surface area contributed by atoms with E-state index in [9.17, 15) is 14.4 Å². The lowest BCUT2D eigenvalue weighted by Crippen LogP contribution is -2.43. The van der Waals surface area contributed by atoms with Crippen molar-refractivity contribution in [3.8, 4) is 0 Å². The predicted octanol–water partition coefficient (Wildman–Crippen LogP) is 2.69. The maximum absolute atomic E-state index is 13.0. The van der Waals surface area contributed by atoms with Crippen LogP contribution in [0, 0.1) is 6.92 Å². The summed E-state index contributed by atoms with van der Waals surface area (Å²) in [5.74, 6) is -0.887. The number of fused-ring (bicyclic) bond motifs is 1. The molecule has 2 aromatic rings. The summed E-state index contributed by atoms with van der Waals surface area (Å²) in [5, 5.41) is 1.18. The fraction of sp³-hybridized carbons (Fsp3) is 0.474. The molecule has 1 aromatic carbocycles. The molecule has 0 atom stereocenters. The number of amides is 3. The Labute approximate surface area is 172 Å². The summed E-state index contributed by atoms with van der Waals surface area (Å²) in [4.78, 5) is 46.1. The molecule has 0 N–H and O–H groups in total. The zero-order valence-corrected chi connectivity index (χ0v) is 17.8. The predicted molar refractivity (Wildman–Crippen MR) is 111 cm³/mol. The van der Waals surface area contributed by atoms with Gasteiger partial charge in [-0.2, -0.15) is 0 Å². The summed E-state index contributed by atoms with van der Waals surface area (Å²) in [6.45, 7) is 2.95. The van der Waals surface area contributed by atoms with Gasteiger partial charge in [0.2, 0.25) is 17.7 Å². The van der Waals surface area contributed by atoms with Crippen LogP contribution in [0.15, 0.2) is 12.1 Å². The molecule has 1 fully saturated rings. The Balaban J connectivity index is 1.87. The highest BCUT2D eigenvalue weighted by molar-refractivity contribution is 7.22. The molecule has 2 heterocycles. The molecule has 7 nitrogen and oxygen atoms in total. The van der Waals surface area contributed by atoms with Crippen molar-refractivity contribution < 1.29 is 14.4 Å². The van der Waals surface area contributed by atoms with E-state index in [0.29, 0.717) is 16.7 Å². The van der Waals surface area contributed by atoms with E-state index in [1.165, 1.54) is 11.3 Å². The Morgan fingerprint density at radius 1 is 1.21 bits per heavy atom. The van der Waals surface area contributed by atoms with Crippen LogP contribution in [0.5, 0.6) is 0 Å². The van der Waals surface area contributed by atoms with E-state index in [2.05, 4.69) is 4.98 Å². The molecule has 0 radical (unpaired) electrons. The zero-order chi connectivity index (χ0) is 20.4. The molecule has 1 aromatic heterocycles. The highest BCUT2D eigenvalue weighted by Crippen LogP contribution is 2.33. The van der Waals surface area contributed by atoms with E-state index in [4.69, 9.17) is 11.6 Å². The number of rotatable bonds is 7. The zero-order valence-electron chi connectivity index (χ0n) is 16.2. The average Bonchev–Trinajstić information content (AvgIpc) is 3.16. The normalized spacial score (nSPS) is 14.5. The number of nitrogens with zero attached hydrogens (tertiary/aromatic N) is 4. The van der Waals surface area contributed by atoms with Crippen molar-refractivity contribution in [2.45, 2.75) is 26.2 Å². The smallest absolute Gasteiger partial charge is 0.248 e. The topological polar surface area (TPSA) is 73.8 Å². The molecule has 28 heavy (non-hydrogen) atoms. The van der Waals surface area contributed by atoms with Gasteiger partial charge in [-0.05, 0) is 51.7 Å². The molecule has 9 heteroatoms. The molecule has 0 spiro atoms. The molecule has 0 saturated carbocycles. The summed E-state index contributed by atoms with van der Waals surface area (Å²) in [7, 11) is 3.94. The van der Waals surface area contributed by atoms with Crippen LogP contribution < -0.4 is 4.90 Å². The Kier molecular flexibility index (Phi) is 6.32. The number of benzene rings is 1. The monoisotopic (exact) mass is 422 g/mol. The molecule has 0 bridgehead atoms. The first-order valence-electron chi connectivity index (χ1n) is 9.11. The standard InChI is InChI=1S/C19H23ClN4O3S/c1-12-9-13(20)10-14-18(12)21-19(28-14)23(8-4-7-22(2)3)17(27)11-24-15(25)5-6-16(24)26/h9-10H,4-8,11H2,1-3H3. The third-order valence-electron chi connectivity index (χ3n) is 4.61. The minimum Gasteiger partial charge on any atom is -0.309 e. The summed E-state index contributed by atoms with van der Waals surface area (Å²) >= 11 is 7.54. The number of anilines is 1. The van der Waals surface area contributed by atoms with E-state index < -0.39 is 0 Å². The van der Waals surface area contributed by atoms with Crippen molar-refractivity contribution in [2.24, 2.45) is 0 Å². The van der Waals surface area contributed by atoms with Gasteiger partial charge in [-0.15, -0.1) is 0 Å². The van der Waals surface area contributed by atoms with E-state index >= 15 is 0 Å². The average molecular weight is 423 g/mol.